The zero-order valence-electron chi connectivity index (χ0n) is 10.4. The Kier molecular flexibility index (Phi) is 3.85. The van der Waals surface area contributed by atoms with Gasteiger partial charge in [-0.25, -0.2) is 13.8 Å². The van der Waals surface area contributed by atoms with Crippen LogP contribution in [0.4, 0.5) is 20.3 Å². The Balaban J connectivity index is 2.38. The first-order valence-corrected chi connectivity index (χ1v) is 5.96. The van der Waals surface area contributed by atoms with E-state index in [9.17, 15) is 13.6 Å². The van der Waals surface area contributed by atoms with E-state index in [2.05, 4.69) is 10.3 Å². The lowest BCUT2D eigenvalue weighted by atomic mass is 10.2. The molecule has 0 aliphatic heterocycles. The number of aryl methyl sites for hydroxylation is 1. The predicted octanol–water partition coefficient (Wildman–Crippen LogP) is 3.16. The molecule has 104 valence electrons. The number of halogens is 3. The van der Waals surface area contributed by atoms with Crippen LogP contribution >= 0.6 is 11.6 Å². The lowest BCUT2D eigenvalue weighted by molar-refractivity contribution is 0.102. The monoisotopic (exact) mass is 297 g/mol. The Hall–Kier alpha value is -2.21. The van der Waals surface area contributed by atoms with E-state index in [4.69, 9.17) is 17.3 Å². The van der Waals surface area contributed by atoms with Crippen molar-refractivity contribution in [1.29, 1.82) is 0 Å². The van der Waals surface area contributed by atoms with Crippen molar-refractivity contribution in [3.8, 4) is 0 Å². The Morgan fingerprint density at radius 3 is 2.70 bits per heavy atom. The lowest BCUT2D eigenvalue weighted by Gasteiger charge is -2.10. The van der Waals surface area contributed by atoms with Crippen molar-refractivity contribution in [2.75, 3.05) is 11.1 Å². The molecule has 0 unspecified atom stereocenters. The summed E-state index contributed by atoms with van der Waals surface area (Å²) < 4.78 is 27.3. The Labute approximate surface area is 118 Å². The van der Waals surface area contributed by atoms with Crippen LogP contribution in [0, 0.1) is 18.6 Å². The van der Waals surface area contributed by atoms with E-state index in [0.717, 1.165) is 6.07 Å². The van der Waals surface area contributed by atoms with E-state index in [-0.39, 0.29) is 22.1 Å². The SMILES string of the molecule is Cc1ccc(F)c(NC(=O)c2nc(N)ccc2Cl)c1F. The van der Waals surface area contributed by atoms with E-state index in [0.29, 0.717) is 0 Å². The number of aromatic nitrogens is 1. The highest BCUT2D eigenvalue weighted by Crippen LogP contribution is 2.23. The van der Waals surface area contributed by atoms with Crippen LogP contribution in [0.2, 0.25) is 5.02 Å². The van der Waals surface area contributed by atoms with Crippen LogP contribution in [-0.4, -0.2) is 10.9 Å². The molecule has 1 amide bonds. The first-order valence-electron chi connectivity index (χ1n) is 5.58. The van der Waals surface area contributed by atoms with E-state index >= 15 is 0 Å². The average molecular weight is 298 g/mol. The van der Waals surface area contributed by atoms with Crippen molar-refractivity contribution in [3.05, 3.63) is 52.2 Å². The number of nitrogens with zero attached hydrogens (tertiary/aromatic N) is 1. The number of nitrogens with two attached hydrogens (primary N) is 1. The second kappa shape index (κ2) is 5.42. The summed E-state index contributed by atoms with van der Waals surface area (Å²) in [5.74, 6) is -2.50. The molecule has 0 aliphatic rings. The van der Waals surface area contributed by atoms with Crippen LogP contribution in [0.25, 0.3) is 0 Å². The molecule has 20 heavy (non-hydrogen) atoms. The van der Waals surface area contributed by atoms with Crippen molar-refractivity contribution in [2.24, 2.45) is 0 Å². The van der Waals surface area contributed by atoms with Gasteiger partial charge in [-0.1, -0.05) is 17.7 Å². The van der Waals surface area contributed by atoms with Gasteiger partial charge in [0.15, 0.2) is 5.82 Å². The van der Waals surface area contributed by atoms with Gasteiger partial charge in [-0.2, -0.15) is 0 Å². The van der Waals surface area contributed by atoms with Gasteiger partial charge in [0.2, 0.25) is 0 Å². The molecule has 7 heteroatoms. The number of pyridine rings is 1. The van der Waals surface area contributed by atoms with Crippen molar-refractivity contribution in [1.82, 2.24) is 4.98 Å². The summed E-state index contributed by atoms with van der Waals surface area (Å²) >= 11 is 5.80. The number of rotatable bonds is 2. The fraction of sp³-hybridized carbons (Fsp3) is 0.0769. The molecule has 2 aromatic rings. The van der Waals surface area contributed by atoms with Crippen molar-refractivity contribution in [3.63, 3.8) is 0 Å². The zero-order valence-corrected chi connectivity index (χ0v) is 11.1. The van der Waals surface area contributed by atoms with Crippen LogP contribution in [0.3, 0.4) is 0 Å². The molecule has 0 atom stereocenters. The average Bonchev–Trinajstić information content (AvgIpc) is 2.41. The number of anilines is 2. The second-order valence-corrected chi connectivity index (χ2v) is 4.48. The third kappa shape index (κ3) is 2.70. The first-order chi connectivity index (χ1) is 9.40. The smallest absolute Gasteiger partial charge is 0.276 e. The summed E-state index contributed by atoms with van der Waals surface area (Å²) in [6, 6.07) is 5.11. The first kappa shape index (κ1) is 14.2. The van der Waals surface area contributed by atoms with Gasteiger partial charge < -0.3 is 11.1 Å². The topological polar surface area (TPSA) is 68.0 Å². The highest BCUT2D eigenvalue weighted by molar-refractivity contribution is 6.34. The summed E-state index contributed by atoms with van der Waals surface area (Å²) in [5, 5.41) is 2.14. The number of amides is 1. The Morgan fingerprint density at radius 1 is 1.30 bits per heavy atom. The predicted molar refractivity (Wildman–Crippen MR) is 72.7 cm³/mol. The number of carbonyl (C=O) groups excluding carboxylic acids is 1. The van der Waals surface area contributed by atoms with E-state index < -0.39 is 23.2 Å². The molecule has 0 saturated heterocycles. The van der Waals surface area contributed by atoms with Crippen molar-refractivity contribution in [2.45, 2.75) is 6.92 Å². The number of hydrogen-bond donors (Lipinski definition) is 2. The molecule has 0 aliphatic carbocycles. The molecule has 0 fully saturated rings. The maximum absolute atomic E-state index is 13.8. The maximum atomic E-state index is 13.8. The number of carbonyl (C=O) groups is 1. The quantitative estimate of drug-likeness (QED) is 0.894. The number of hydrogen-bond acceptors (Lipinski definition) is 3. The molecule has 4 nitrogen and oxygen atoms in total. The largest absolute Gasteiger partial charge is 0.384 e. The van der Waals surface area contributed by atoms with Crippen molar-refractivity contribution >= 4 is 29.0 Å². The molecule has 1 aromatic carbocycles. The number of benzene rings is 1. The van der Waals surface area contributed by atoms with Gasteiger partial charge in [-0.3, -0.25) is 4.79 Å². The lowest BCUT2D eigenvalue weighted by Crippen LogP contribution is -2.17. The zero-order chi connectivity index (χ0) is 14.9. The van der Waals surface area contributed by atoms with Gasteiger partial charge in [-0.15, -0.1) is 0 Å². The minimum absolute atomic E-state index is 0.0326. The van der Waals surface area contributed by atoms with E-state index in [1.165, 1.54) is 25.1 Å². The minimum Gasteiger partial charge on any atom is -0.384 e. The molecule has 2 rings (SSSR count). The number of nitrogens with one attached hydrogen (secondary N) is 1. The molecule has 3 N–H and O–H groups in total. The molecule has 0 bridgehead atoms. The molecule has 0 saturated carbocycles. The molecule has 1 heterocycles. The molecule has 0 spiro atoms. The fourth-order valence-corrected chi connectivity index (χ4v) is 1.75. The van der Waals surface area contributed by atoms with E-state index in [1.807, 2.05) is 0 Å². The summed E-state index contributed by atoms with van der Waals surface area (Å²) in [5.41, 5.74) is 4.90. The van der Waals surface area contributed by atoms with Crippen molar-refractivity contribution < 1.29 is 13.6 Å². The summed E-state index contributed by atoms with van der Waals surface area (Å²) in [6.45, 7) is 1.45. The van der Waals surface area contributed by atoms with Crippen LogP contribution in [0.1, 0.15) is 16.1 Å². The normalized spacial score (nSPS) is 10.4. The van der Waals surface area contributed by atoms with Gasteiger partial charge in [0.1, 0.15) is 23.0 Å². The summed E-state index contributed by atoms with van der Waals surface area (Å²) in [4.78, 5) is 15.7. The van der Waals surface area contributed by atoms with Gasteiger partial charge in [0, 0.05) is 0 Å². The van der Waals surface area contributed by atoms with Crippen LogP contribution < -0.4 is 11.1 Å². The molecular weight excluding hydrogens is 288 g/mol. The van der Waals surface area contributed by atoms with Gasteiger partial charge in [0.05, 0.1) is 5.02 Å². The Morgan fingerprint density at radius 2 is 2.00 bits per heavy atom. The van der Waals surface area contributed by atoms with Gasteiger partial charge in [-0.05, 0) is 30.7 Å². The molecule has 0 radical (unpaired) electrons. The summed E-state index contributed by atoms with van der Waals surface area (Å²) in [7, 11) is 0. The standard InChI is InChI=1S/C13H10ClF2N3O/c1-6-2-4-8(15)12(10(6)16)19-13(20)11-7(14)3-5-9(17)18-11/h2-5H,1H3,(H2,17,18)(H,19,20). The third-order valence-electron chi connectivity index (χ3n) is 2.61. The summed E-state index contributed by atoms with van der Waals surface area (Å²) in [6.07, 6.45) is 0. The molecular formula is C13H10ClF2N3O. The van der Waals surface area contributed by atoms with Crippen LogP contribution in [0.15, 0.2) is 24.3 Å². The second-order valence-electron chi connectivity index (χ2n) is 4.07. The highest BCUT2D eigenvalue weighted by Gasteiger charge is 2.18. The molecule has 1 aromatic heterocycles. The van der Waals surface area contributed by atoms with E-state index in [1.54, 1.807) is 0 Å². The third-order valence-corrected chi connectivity index (χ3v) is 2.91. The Bertz CT molecular complexity index is 692. The minimum atomic E-state index is -0.888. The van der Waals surface area contributed by atoms with Gasteiger partial charge in [0.25, 0.3) is 5.91 Å². The van der Waals surface area contributed by atoms with Crippen LogP contribution in [-0.2, 0) is 0 Å². The maximum Gasteiger partial charge on any atom is 0.276 e. The highest BCUT2D eigenvalue weighted by atomic mass is 35.5. The fourth-order valence-electron chi connectivity index (χ4n) is 1.56. The number of nitrogen functional groups attached to an aromatic ring is 1. The van der Waals surface area contributed by atoms with Crippen LogP contribution in [0.5, 0.6) is 0 Å². The van der Waals surface area contributed by atoms with Gasteiger partial charge >= 0.3 is 0 Å².